The molecule has 4 rings (SSSR count). The van der Waals surface area contributed by atoms with Crippen molar-refractivity contribution in [1.29, 1.82) is 0 Å². The summed E-state index contributed by atoms with van der Waals surface area (Å²) < 4.78 is 37.0. The number of thioether (sulfide) groups is 1. The van der Waals surface area contributed by atoms with Gasteiger partial charge < -0.3 is 14.2 Å². The largest absolute Gasteiger partial charge is 0.493 e. The van der Waals surface area contributed by atoms with Crippen LogP contribution in [0.1, 0.15) is 18.1 Å². The number of anilines is 1. The van der Waals surface area contributed by atoms with Crippen molar-refractivity contribution >= 4 is 84.9 Å². The van der Waals surface area contributed by atoms with Crippen molar-refractivity contribution in [2.45, 2.75) is 18.4 Å². The van der Waals surface area contributed by atoms with Crippen LogP contribution in [0.5, 0.6) is 11.5 Å². The zero-order valence-electron chi connectivity index (χ0n) is 20.4. The highest BCUT2D eigenvalue weighted by Crippen LogP contribution is 2.39. The van der Waals surface area contributed by atoms with Crippen molar-refractivity contribution in [3.63, 3.8) is 0 Å². The number of nitrogens with zero attached hydrogens (tertiary/aromatic N) is 1. The number of carbonyl (C=O) groups excluding carboxylic acids is 3. The first kappa shape index (κ1) is 28.9. The lowest BCUT2D eigenvalue weighted by molar-refractivity contribution is -0.123. The van der Waals surface area contributed by atoms with Crippen LogP contribution in [0.3, 0.4) is 0 Å². The second kappa shape index (κ2) is 12.0. The Hall–Kier alpha value is -3.07. The van der Waals surface area contributed by atoms with Gasteiger partial charge in [-0.05, 0) is 100 Å². The molecular weight excluding hydrogens is 679 g/mol. The molecule has 1 aliphatic heterocycles. The fourth-order valence-electron chi connectivity index (χ4n) is 3.58. The van der Waals surface area contributed by atoms with E-state index in [1.54, 1.807) is 30.3 Å². The van der Waals surface area contributed by atoms with Gasteiger partial charge in [0, 0.05) is 17.6 Å². The van der Waals surface area contributed by atoms with Gasteiger partial charge in [0.1, 0.15) is 4.90 Å². The van der Waals surface area contributed by atoms with Crippen LogP contribution < -0.4 is 14.2 Å². The van der Waals surface area contributed by atoms with Crippen molar-refractivity contribution in [1.82, 2.24) is 4.90 Å². The van der Waals surface area contributed by atoms with Crippen molar-refractivity contribution < 1.29 is 31.7 Å². The SMILES string of the molecule is COc1cc(/C=C2\SC(=O)N(Cc3cccc(Cl)c3)C2=O)cc(I)c1OS(=O)(=O)c1ccc(NC(C)=O)cc1. The Morgan fingerprint density at radius 1 is 1.13 bits per heavy atom. The van der Waals surface area contributed by atoms with E-state index in [4.69, 9.17) is 20.5 Å². The van der Waals surface area contributed by atoms with E-state index in [1.807, 2.05) is 22.6 Å². The number of carbonyl (C=O) groups is 3. The smallest absolute Gasteiger partial charge is 0.339 e. The number of benzene rings is 3. The number of hydrogen-bond donors (Lipinski definition) is 1. The van der Waals surface area contributed by atoms with Gasteiger partial charge >= 0.3 is 10.1 Å². The zero-order valence-corrected chi connectivity index (χ0v) is 25.0. The molecule has 202 valence electrons. The average Bonchev–Trinajstić information content (AvgIpc) is 3.12. The third kappa shape index (κ3) is 6.93. The highest BCUT2D eigenvalue weighted by atomic mass is 127. The molecule has 0 spiro atoms. The number of methoxy groups -OCH3 is 1. The number of amides is 3. The summed E-state index contributed by atoms with van der Waals surface area (Å²) in [5, 5.41) is 2.65. The van der Waals surface area contributed by atoms with Crippen LogP contribution in [0.4, 0.5) is 10.5 Å². The summed E-state index contributed by atoms with van der Waals surface area (Å²) in [6.07, 6.45) is 1.53. The van der Waals surface area contributed by atoms with Gasteiger partial charge in [0.2, 0.25) is 5.91 Å². The molecule has 3 aromatic rings. The maximum Gasteiger partial charge on any atom is 0.339 e. The number of imide groups is 1. The van der Waals surface area contributed by atoms with Gasteiger partial charge in [0.15, 0.2) is 11.5 Å². The lowest BCUT2D eigenvalue weighted by Gasteiger charge is -2.14. The monoisotopic (exact) mass is 698 g/mol. The summed E-state index contributed by atoms with van der Waals surface area (Å²) in [5.74, 6) is -0.656. The van der Waals surface area contributed by atoms with Gasteiger partial charge in [-0.15, -0.1) is 0 Å². The Balaban J connectivity index is 1.56. The molecule has 3 amide bonds. The van der Waals surface area contributed by atoms with Gasteiger partial charge in [0.25, 0.3) is 11.1 Å². The minimum Gasteiger partial charge on any atom is -0.493 e. The first-order valence-electron chi connectivity index (χ1n) is 11.2. The molecular formula is C26H20ClIN2O7S2. The Labute approximate surface area is 247 Å². The maximum absolute atomic E-state index is 13.0. The van der Waals surface area contributed by atoms with Crippen LogP contribution in [0.2, 0.25) is 5.02 Å². The van der Waals surface area contributed by atoms with Crippen LogP contribution in [0.15, 0.2) is 70.5 Å². The van der Waals surface area contributed by atoms with Crippen molar-refractivity contribution in [2.75, 3.05) is 12.4 Å². The molecule has 0 radical (unpaired) electrons. The summed E-state index contributed by atoms with van der Waals surface area (Å²) in [4.78, 5) is 37.9. The fourth-order valence-corrected chi connectivity index (χ4v) is 6.47. The Kier molecular flexibility index (Phi) is 8.89. The van der Waals surface area contributed by atoms with E-state index in [9.17, 15) is 22.8 Å². The van der Waals surface area contributed by atoms with Gasteiger partial charge in [-0.2, -0.15) is 8.42 Å². The van der Waals surface area contributed by atoms with E-state index in [-0.39, 0.29) is 33.8 Å². The molecule has 0 aliphatic carbocycles. The van der Waals surface area contributed by atoms with Crippen LogP contribution in [0.25, 0.3) is 6.08 Å². The summed E-state index contributed by atoms with van der Waals surface area (Å²) in [6, 6.07) is 15.5. The molecule has 1 aliphatic rings. The Morgan fingerprint density at radius 2 is 1.85 bits per heavy atom. The first-order chi connectivity index (χ1) is 18.5. The molecule has 9 nitrogen and oxygen atoms in total. The van der Waals surface area contributed by atoms with Gasteiger partial charge in [-0.1, -0.05) is 23.7 Å². The Bertz CT molecular complexity index is 1610. The number of halogens is 2. The number of nitrogens with one attached hydrogen (secondary N) is 1. The summed E-state index contributed by atoms with van der Waals surface area (Å²) in [5.41, 5.74) is 1.67. The summed E-state index contributed by atoms with van der Waals surface area (Å²) in [7, 11) is -2.88. The van der Waals surface area contributed by atoms with Crippen molar-refractivity contribution in [3.8, 4) is 11.5 Å². The third-order valence-electron chi connectivity index (χ3n) is 5.31. The fraction of sp³-hybridized carbons (Fsp3) is 0.115. The summed E-state index contributed by atoms with van der Waals surface area (Å²) in [6.45, 7) is 1.43. The van der Waals surface area contributed by atoms with Crippen molar-refractivity contribution in [2.24, 2.45) is 0 Å². The average molecular weight is 699 g/mol. The zero-order chi connectivity index (χ0) is 28.3. The maximum atomic E-state index is 13.0. The molecule has 1 N–H and O–H groups in total. The second-order valence-corrected chi connectivity index (χ2v) is 12.3. The molecule has 1 heterocycles. The Morgan fingerprint density at radius 3 is 2.49 bits per heavy atom. The number of rotatable bonds is 8. The number of ether oxygens (including phenoxy) is 1. The molecule has 1 saturated heterocycles. The van der Waals surface area contributed by atoms with Gasteiger partial charge in [-0.3, -0.25) is 19.3 Å². The standard InChI is InChI=1S/C26H20ClIN2O7S2/c1-15(31)29-19-6-8-20(9-7-19)39(34,35)37-24-21(28)11-17(12-22(24)36-2)13-23-25(32)30(26(33)38-23)14-16-4-3-5-18(27)10-16/h3-13H,14H2,1-2H3,(H,29,31)/b23-13-. The lowest BCUT2D eigenvalue weighted by atomic mass is 10.1. The normalized spacial score (nSPS) is 14.6. The van der Waals surface area contributed by atoms with E-state index in [0.717, 1.165) is 22.2 Å². The van der Waals surface area contributed by atoms with Crippen molar-refractivity contribution in [3.05, 3.63) is 85.3 Å². The molecule has 0 atom stereocenters. The van der Waals surface area contributed by atoms with Crippen LogP contribution in [0, 0.1) is 3.57 Å². The molecule has 0 bridgehead atoms. The molecule has 39 heavy (non-hydrogen) atoms. The molecule has 0 aromatic heterocycles. The minimum atomic E-state index is -4.24. The predicted octanol–water partition coefficient (Wildman–Crippen LogP) is 5.92. The van der Waals surface area contributed by atoms with Gasteiger partial charge in [0.05, 0.1) is 22.1 Å². The van der Waals surface area contributed by atoms with E-state index >= 15 is 0 Å². The van der Waals surface area contributed by atoms with Crippen LogP contribution >= 0.6 is 46.0 Å². The predicted molar refractivity (Wildman–Crippen MR) is 157 cm³/mol. The minimum absolute atomic E-state index is 0.0322. The highest BCUT2D eigenvalue weighted by Gasteiger charge is 2.35. The quantitative estimate of drug-likeness (QED) is 0.175. The highest BCUT2D eigenvalue weighted by molar-refractivity contribution is 14.1. The van der Waals surface area contributed by atoms with Crippen LogP contribution in [-0.2, 0) is 26.3 Å². The molecule has 1 fully saturated rings. The molecule has 0 saturated carbocycles. The third-order valence-corrected chi connectivity index (χ3v) is 8.49. The molecule has 3 aromatic carbocycles. The molecule has 13 heteroatoms. The molecule has 0 unspecified atom stereocenters. The topological polar surface area (TPSA) is 119 Å². The number of hydrogen-bond acceptors (Lipinski definition) is 8. The second-order valence-electron chi connectivity index (χ2n) is 8.17. The van der Waals surface area contributed by atoms with E-state index < -0.39 is 21.3 Å². The van der Waals surface area contributed by atoms with Gasteiger partial charge in [-0.25, -0.2) is 0 Å². The van der Waals surface area contributed by atoms with Crippen LogP contribution in [-0.4, -0.2) is 37.5 Å². The van der Waals surface area contributed by atoms with E-state index in [1.165, 1.54) is 50.4 Å². The summed E-state index contributed by atoms with van der Waals surface area (Å²) >= 11 is 8.72. The lowest BCUT2D eigenvalue weighted by Crippen LogP contribution is -2.27. The first-order valence-corrected chi connectivity index (χ1v) is 14.8. The van der Waals surface area contributed by atoms with E-state index in [2.05, 4.69) is 5.32 Å². The van der Waals surface area contributed by atoms with E-state index in [0.29, 0.717) is 19.8 Å².